The molecule has 0 bridgehead atoms. The van der Waals surface area contributed by atoms with Gasteiger partial charge in [-0.3, -0.25) is 0 Å². The Labute approximate surface area is 53.6 Å². The molecule has 0 aromatic heterocycles. The van der Waals surface area contributed by atoms with Crippen molar-refractivity contribution in [2.75, 3.05) is 0 Å². The van der Waals surface area contributed by atoms with Crippen molar-refractivity contribution >= 4 is 0 Å². The molecule has 1 aromatic carbocycles. The fourth-order valence-electron chi connectivity index (χ4n) is 0.284. The molecule has 0 aliphatic heterocycles. The van der Waals surface area contributed by atoms with Crippen LogP contribution in [0.1, 0.15) is 15.2 Å². The third-order valence-electron chi connectivity index (χ3n) is 0.539. The molecule has 0 spiro atoms. The predicted molar refractivity (Wildman–Crippen MR) is 31.2 cm³/mol. The molecular formula is C7H8. The standard InChI is InChI=1S/C7H8/c1-7-5-3-2-4-6-7/h2-6H,1H3/i1D3,3D,4D,5D,6D. The van der Waals surface area contributed by atoms with Gasteiger partial charge in [0.15, 0.2) is 0 Å². The van der Waals surface area contributed by atoms with E-state index in [0.29, 0.717) is 0 Å². The highest BCUT2D eigenvalue weighted by Gasteiger charge is 1.72. The van der Waals surface area contributed by atoms with Crippen LogP contribution >= 0.6 is 0 Å². The first kappa shape index (κ1) is 0.970. The lowest BCUT2D eigenvalue weighted by molar-refractivity contribution is 1.48. The van der Waals surface area contributed by atoms with Crippen molar-refractivity contribution in [3.05, 3.63) is 35.8 Å². The highest BCUT2D eigenvalue weighted by Crippen LogP contribution is 1.92. The van der Waals surface area contributed by atoms with Crippen molar-refractivity contribution in [1.29, 1.82) is 0 Å². The number of rotatable bonds is 0. The van der Waals surface area contributed by atoms with Gasteiger partial charge >= 0.3 is 0 Å². The molecule has 0 amide bonds. The second-order valence-electron chi connectivity index (χ2n) is 1.06. The molecule has 0 radical (unpaired) electrons. The first-order chi connectivity index (χ1) is 6.25. The summed E-state index contributed by atoms with van der Waals surface area (Å²) in [6.07, 6.45) is 0. The van der Waals surface area contributed by atoms with E-state index in [-0.39, 0.29) is 12.1 Å². The minimum atomic E-state index is -2.61. The van der Waals surface area contributed by atoms with E-state index in [9.17, 15) is 0 Å². The number of hydrogen-bond acceptors (Lipinski definition) is 0. The minimum Gasteiger partial charge on any atom is -0.0622 e. The fourth-order valence-corrected chi connectivity index (χ4v) is 0.284. The maximum absolute atomic E-state index is 7.34. The predicted octanol–water partition coefficient (Wildman–Crippen LogP) is 2.00. The average molecular weight is 99.2 g/mol. The third kappa shape index (κ3) is 1.04. The van der Waals surface area contributed by atoms with Crippen LogP contribution in [0.3, 0.4) is 0 Å². The molecule has 0 heterocycles. The van der Waals surface area contributed by atoms with E-state index in [0.717, 1.165) is 6.07 Å². The second kappa shape index (κ2) is 1.78. The van der Waals surface area contributed by atoms with Crippen molar-refractivity contribution in [3.63, 3.8) is 0 Å². The molecule has 1 rings (SSSR count). The molecule has 0 aliphatic rings. The van der Waals surface area contributed by atoms with Gasteiger partial charge in [0, 0.05) is 4.11 Å². The summed E-state index contributed by atoms with van der Waals surface area (Å²) >= 11 is 0. The average Bonchev–Trinajstić information content (AvgIpc) is 1.98. The van der Waals surface area contributed by atoms with Gasteiger partial charge in [-0.1, -0.05) is 35.8 Å². The minimum absolute atomic E-state index is 0.336. The van der Waals surface area contributed by atoms with Gasteiger partial charge in [-0.25, -0.2) is 0 Å². The summed E-state index contributed by atoms with van der Waals surface area (Å²) in [7, 11) is 0. The Morgan fingerprint density at radius 1 is 1.57 bits per heavy atom. The highest BCUT2D eigenvalue weighted by atomic mass is 13.8. The van der Waals surface area contributed by atoms with Gasteiger partial charge in [0.05, 0.1) is 5.48 Å². The lowest BCUT2D eigenvalue weighted by atomic mass is 10.2. The summed E-state index contributed by atoms with van der Waals surface area (Å²) in [5.41, 5.74) is -0.519. The second-order valence-corrected chi connectivity index (χ2v) is 1.06. The lowest BCUT2D eigenvalue weighted by Crippen LogP contribution is -1.62. The van der Waals surface area contributed by atoms with Crippen molar-refractivity contribution in [3.8, 4) is 0 Å². The first-order valence-electron chi connectivity index (χ1n) is 5.33. The monoisotopic (exact) mass is 99.1 g/mol. The maximum Gasteiger partial charge on any atom is 0.0625 e. The summed E-state index contributed by atoms with van der Waals surface area (Å²) < 4.78 is 50.4. The quantitative estimate of drug-likeness (QED) is 0.466. The largest absolute Gasteiger partial charge is 0.0625 e. The van der Waals surface area contributed by atoms with Crippen molar-refractivity contribution in [1.82, 2.24) is 0 Å². The molecule has 0 saturated heterocycles. The summed E-state index contributed by atoms with van der Waals surface area (Å²) in [5, 5.41) is 0. The molecule has 36 valence electrons. The van der Waals surface area contributed by atoms with Crippen molar-refractivity contribution < 1.29 is 9.60 Å². The van der Waals surface area contributed by atoms with Crippen LogP contribution in [0.25, 0.3) is 0 Å². The van der Waals surface area contributed by atoms with Gasteiger partial charge in [0.1, 0.15) is 0 Å². The van der Waals surface area contributed by atoms with E-state index in [2.05, 4.69) is 0 Å². The summed E-state index contributed by atoms with van der Waals surface area (Å²) in [5.74, 6) is 0. The first-order valence-corrected chi connectivity index (χ1v) is 1.83. The SMILES string of the molecule is [2H]c1cc([2H])c([2H])c(C([2H])([2H])[2H])c1[2H]. The third-order valence-corrected chi connectivity index (χ3v) is 0.539. The molecule has 0 heteroatoms. The molecule has 0 nitrogen and oxygen atoms in total. The highest BCUT2D eigenvalue weighted by molar-refractivity contribution is 5.11. The van der Waals surface area contributed by atoms with Crippen molar-refractivity contribution in [2.24, 2.45) is 0 Å². The van der Waals surface area contributed by atoms with E-state index in [1.807, 2.05) is 0 Å². The Hall–Kier alpha value is -0.780. The number of hydrogen-bond donors (Lipinski definition) is 0. The van der Waals surface area contributed by atoms with Gasteiger partial charge in [0.25, 0.3) is 0 Å². The maximum atomic E-state index is 7.34. The van der Waals surface area contributed by atoms with Crippen LogP contribution < -0.4 is 0 Å². The Morgan fingerprint density at radius 2 is 2.29 bits per heavy atom. The van der Waals surface area contributed by atoms with Crippen LogP contribution in [0.15, 0.2) is 30.2 Å². The van der Waals surface area contributed by atoms with E-state index >= 15 is 0 Å². The fraction of sp³-hybridized carbons (Fsp3) is 0.143. The molecule has 0 aliphatic carbocycles. The van der Waals surface area contributed by atoms with Gasteiger partial charge in [-0.2, -0.15) is 0 Å². The zero-order chi connectivity index (χ0) is 11.1. The van der Waals surface area contributed by atoms with Gasteiger partial charge in [-0.15, -0.1) is 0 Å². The summed E-state index contributed by atoms with van der Waals surface area (Å²) in [4.78, 5) is 0. The molecule has 7 heavy (non-hydrogen) atoms. The molecule has 0 N–H and O–H groups in total. The van der Waals surface area contributed by atoms with Gasteiger partial charge in [0.2, 0.25) is 0 Å². The van der Waals surface area contributed by atoms with Crippen LogP contribution in [0.5, 0.6) is 0 Å². The smallest absolute Gasteiger partial charge is 0.0622 e. The zero-order valence-electron chi connectivity index (χ0n) is 10.6. The summed E-state index contributed by atoms with van der Waals surface area (Å²) in [6, 6.07) is -0.661. The summed E-state index contributed by atoms with van der Waals surface area (Å²) in [6.45, 7) is -2.61. The Bertz CT molecular complexity index is 339. The van der Waals surface area contributed by atoms with Crippen LogP contribution in [0.2, 0.25) is 0 Å². The molecule has 0 atom stereocenters. The van der Waals surface area contributed by atoms with Gasteiger partial charge < -0.3 is 0 Å². The molecule has 0 fully saturated rings. The van der Waals surface area contributed by atoms with Crippen LogP contribution in [-0.4, -0.2) is 0 Å². The topological polar surface area (TPSA) is 0 Å². The van der Waals surface area contributed by atoms with E-state index in [4.69, 9.17) is 9.60 Å². The van der Waals surface area contributed by atoms with E-state index < -0.39 is 24.5 Å². The molecule has 1 aromatic rings. The molecular weight excluding hydrogens is 84.1 g/mol. The van der Waals surface area contributed by atoms with Crippen LogP contribution in [-0.2, 0) is 0 Å². The van der Waals surface area contributed by atoms with Crippen LogP contribution in [0.4, 0.5) is 0 Å². The Kier molecular flexibility index (Phi) is 0.247. The normalized spacial score (nSPS) is 24.9. The Balaban J connectivity index is 3.56. The van der Waals surface area contributed by atoms with E-state index in [1.165, 1.54) is 0 Å². The van der Waals surface area contributed by atoms with Crippen LogP contribution in [0, 0.1) is 6.85 Å². The molecule has 0 unspecified atom stereocenters. The lowest BCUT2D eigenvalue weighted by Gasteiger charge is -1.82. The molecule has 0 saturated carbocycles. The zero-order valence-corrected chi connectivity index (χ0v) is 3.58. The number of benzene rings is 1. The van der Waals surface area contributed by atoms with E-state index in [1.54, 1.807) is 0 Å². The van der Waals surface area contributed by atoms with Crippen molar-refractivity contribution in [2.45, 2.75) is 6.85 Å². The van der Waals surface area contributed by atoms with Gasteiger partial charge in [-0.05, 0) is 6.85 Å². The Morgan fingerprint density at radius 3 is 2.86 bits per heavy atom.